The number of amides is 3. The molecule has 248 valence electrons. The first kappa shape index (κ1) is 35.9. The van der Waals surface area contributed by atoms with Crippen molar-refractivity contribution in [3.05, 3.63) is 49.6 Å². The molecule has 4 atom stereocenters. The minimum atomic E-state index is -1.62. The van der Waals surface area contributed by atoms with E-state index in [1.54, 1.807) is 30.2 Å². The van der Waals surface area contributed by atoms with Crippen LogP contribution in [0, 0.1) is 4.91 Å². The van der Waals surface area contributed by atoms with Gasteiger partial charge in [0.1, 0.15) is 27.1 Å². The number of thiazole rings is 1. The van der Waals surface area contributed by atoms with E-state index in [-0.39, 0.29) is 32.5 Å². The van der Waals surface area contributed by atoms with E-state index >= 15 is 0 Å². The van der Waals surface area contributed by atoms with E-state index in [1.807, 2.05) is 0 Å². The van der Waals surface area contributed by atoms with Crippen molar-refractivity contribution in [3.8, 4) is 0 Å². The molecule has 2 aliphatic heterocycles. The number of aliphatic carboxylic acids is 1. The molecule has 0 saturated carbocycles. The number of halogens is 1. The van der Waals surface area contributed by atoms with Gasteiger partial charge >= 0.3 is 5.97 Å². The molecule has 0 aromatic carbocycles. The number of hydrogen-bond acceptors (Lipinski definition) is 15. The summed E-state index contributed by atoms with van der Waals surface area (Å²) in [5, 5.41) is 17.6. The molecule has 0 bridgehead atoms. The lowest BCUT2D eigenvalue weighted by Crippen LogP contribution is -2.70. The number of nitrogens with two attached hydrogens (primary N) is 3. The average Bonchev–Trinajstić information content (AvgIpc) is 3.37. The molecule has 1 saturated heterocycles. The summed E-state index contributed by atoms with van der Waals surface area (Å²) in [4.78, 5) is 72.5. The van der Waals surface area contributed by atoms with Crippen LogP contribution in [0.1, 0.15) is 36.6 Å². The SMILES string of the molecule is NCCCC[C@H](N)C(=O)NCCSCc1cnccc1SC1=C(C(=O)O)N2C(=O)[C@@H](NC(=O)C(N=O)c3nc(N)sc3Cl)[C@@H]2SC1. The van der Waals surface area contributed by atoms with Gasteiger partial charge in [0.2, 0.25) is 11.9 Å². The highest BCUT2D eigenvalue weighted by atomic mass is 35.5. The van der Waals surface area contributed by atoms with Crippen molar-refractivity contribution in [3.63, 3.8) is 0 Å². The summed E-state index contributed by atoms with van der Waals surface area (Å²) in [6, 6.07) is -1.50. The quantitative estimate of drug-likeness (QED) is 0.0773. The zero-order valence-electron chi connectivity index (χ0n) is 24.2. The molecule has 3 amide bonds. The molecule has 1 fully saturated rings. The number of β-lactam (4-membered cyclic amide) rings is 1. The van der Waals surface area contributed by atoms with Gasteiger partial charge < -0.3 is 32.9 Å². The van der Waals surface area contributed by atoms with Crippen LogP contribution in [-0.4, -0.2) is 85.7 Å². The topological polar surface area (TPSA) is 249 Å². The van der Waals surface area contributed by atoms with Crippen molar-refractivity contribution >= 4 is 87.0 Å². The van der Waals surface area contributed by atoms with Crippen LogP contribution in [0.2, 0.25) is 4.34 Å². The summed E-state index contributed by atoms with van der Waals surface area (Å²) in [6.45, 7) is 1.00. The predicted molar refractivity (Wildman–Crippen MR) is 180 cm³/mol. The van der Waals surface area contributed by atoms with E-state index in [1.165, 1.54) is 23.5 Å². The van der Waals surface area contributed by atoms with E-state index in [0.717, 1.165) is 39.5 Å². The second-order valence-corrected chi connectivity index (χ2v) is 15.0. The number of nitroso groups, excluding NO2 is 1. The number of nitrogen functional groups attached to an aromatic ring is 1. The average molecular weight is 730 g/mol. The summed E-state index contributed by atoms with van der Waals surface area (Å²) >= 11 is 11.0. The number of nitrogens with zero attached hydrogens (tertiary/aromatic N) is 4. The fourth-order valence-corrected chi connectivity index (χ4v) is 9.05. The molecule has 0 radical (unpaired) electrons. The van der Waals surface area contributed by atoms with Gasteiger partial charge in [0.05, 0.1) is 6.04 Å². The zero-order chi connectivity index (χ0) is 33.4. The first-order valence-corrected chi connectivity index (χ1v) is 18.2. The molecule has 2 aliphatic rings. The van der Waals surface area contributed by atoms with Gasteiger partial charge in [0, 0.05) is 46.0 Å². The van der Waals surface area contributed by atoms with Gasteiger partial charge in [0.25, 0.3) is 11.8 Å². The lowest BCUT2D eigenvalue weighted by atomic mass is 10.0. The van der Waals surface area contributed by atoms with Crippen molar-refractivity contribution < 1.29 is 24.3 Å². The third kappa shape index (κ3) is 8.50. The fourth-order valence-electron chi connectivity index (χ4n) is 4.58. The number of hydrogen-bond donors (Lipinski definition) is 6. The Hall–Kier alpha value is -2.94. The van der Waals surface area contributed by atoms with Crippen molar-refractivity contribution in [1.29, 1.82) is 0 Å². The number of thioether (sulfide) groups is 3. The van der Waals surface area contributed by atoms with Crippen molar-refractivity contribution in [2.75, 3.05) is 30.3 Å². The van der Waals surface area contributed by atoms with Crippen LogP contribution in [-0.2, 0) is 24.9 Å². The van der Waals surface area contributed by atoms with E-state index in [4.69, 9.17) is 28.8 Å². The Bertz CT molecular complexity index is 1510. The van der Waals surface area contributed by atoms with Gasteiger partial charge in [0.15, 0.2) is 5.13 Å². The number of pyridine rings is 1. The smallest absolute Gasteiger partial charge is 0.353 e. The third-order valence-corrected chi connectivity index (χ3v) is 11.7. The highest BCUT2D eigenvalue weighted by Crippen LogP contribution is 2.46. The Kier molecular flexibility index (Phi) is 13.1. The summed E-state index contributed by atoms with van der Waals surface area (Å²) < 4.78 is 0.0266. The Morgan fingerprint density at radius 3 is 2.74 bits per heavy atom. The molecule has 46 heavy (non-hydrogen) atoms. The third-order valence-electron chi connectivity index (χ3n) is 6.87. The van der Waals surface area contributed by atoms with Crippen LogP contribution in [0.5, 0.6) is 0 Å². The Morgan fingerprint density at radius 1 is 1.28 bits per heavy atom. The van der Waals surface area contributed by atoms with Crippen LogP contribution in [0.3, 0.4) is 0 Å². The number of aromatic nitrogens is 2. The summed E-state index contributed by atoms with van der Waals surface area (Å²) in [5.41, 5.74) is 17.6. The number of unbranched alkanes of at least 4 members (excludes halogenated alkanes) is 1. The second kappa shape index (κ2) is 16.8. The number of carboxylic acids is 1. The van der Waals surface area contributed by atoms with E-state index in [2.05, 4.69) is 25.8 Å². The molecule has 1 unspecified atom stereocenters. The van der Waals surface area contributed by atoms with E-state index in [0.29, 0.717) is 35.9 Å². The monoisotopic (exact) mass is 729 g/mol. The fraction of sp³-hybridized carbons (Fsp3) is 0.462. The van der Waals surface area contributed by atoms with Crippen LogP contribution in [0.25, 0.3) is 0 Å². The Balaban J connectivity index is 1.36. The highest BCUT2D eigenvalue weighted by Gasteiger charge is 2.55. The number of nitrogens with one attached hydrogen (secondary N) is 2. The molecule has 0 spiro atoms. The molecule has 20 heteroatoms. The summed E-state index contributed by atoms with van der Waals surface area (Å²) in [7, 11) is 0. The second-order valence-electron chi connectivity index (χ2n) is 10.0. The summed E-state index contributed by atoms with van der Waals surface area (Å²) in [6.07, 6.45) is 5.49. The van der Waals surface area contributed by atoms with Gasteiger partial charge in [-0.3, -0.25) is 24.3 Å². The number of anilines is 1. The lowest BCUT2D eigenvalue weighted by molar-refractivity contribution is -0.150. The first-order valence-electron chi connectivity index (χ1n) is 13.9. The predicted octanol–water partition coefficient (Wildman–Crippen LogP) is 1.88. The molecular weight excluding hydrogens is 698 g/mol. The number of carboxylic acid groups (broad SMARTS) is 1. The standard InChI is InChI=1S/C26H32ClN9O6S4/c27-20-16(34-26(30)46-20)17(35-42)22(38)33-18-23(39)36-19(25(40)41)15(11-44-24(18)36)45-14-4-6-31-9-12(14)10-43-8-7-32-21(37)13(29)3-1-2-5-28/h4,6,9,13,17-18,24H,1-3,5,7-8,10-11,28-29H2,(H2,30,34)(H,32,37)(H,33,38)(H,40,41)/t13-,17?,18+,24-/m0/s1. The lowest BCUT2D eigenvalue weighted by Gasteiger charge is -2.49. The van der Waals surface area contributed by atoms with E-state index < -0.39 is 41.3 Å². The largest absolute Gasteiger partial charge is 0.477 e. The molecule has 2 aromatic rings. The zero-order valence-corrected chi connectivity index (χ0v) is 28.2. The number of fused-ring (bicyclic) bond motifs is 1. The van der Waals surface area contributed by atoms with Gasteiger partial charge in [-0.2, -0.15) is 11.8 Å². The Labute approximate surface area is 285 Å². The first-order chi connectivity index (χ1) is 22.1. The molecule has 0 aliphatic carbocycles. The molecule has 15 nitrogen and oxygen atoms in total. The number of carbonyl (C=O) groups excluding carboxylic acids is 3. The maximum Gasteiger partial charge on any atom is 0.353 e. The molecular formula is C26H32ClN9O6S4. The number of rotatable bonds is 17. The molecule has 9 N–H and O–H groups in total. The van der Waals surface area contributed by atoms with Crippen LogP contribution < -0.4 is 27.8 Å². The minimum absolute atomic E-state index is 0.0266. The molecule has 4 rings (SSSR count). The van der Waals surface area contributed by atoms with Crippen molar-refractivity contribution in [2.24, 2.45) is 16.6 Å². The Morgan fingerprint density at radius 2 is 2.07 bits per heavy atom. The molecule has 4 heterocycles. The van der Waals surface area contributed by atoms with Crippen molar-refractivity contribution in [2.45, 2.75) is 53.4 Å². The van der Waals surface area contributed by atoms with Gasteiger partial charge in [-0.05, 0) is 36.2 Å². The van der Waals surface area contributed by atoms with Gasteiger partial charge in [-0.1, -0.05) is 41.1 Å². The van der Waals surface area contributed by atoms with Gasteiger partial charge in [-0.25, -0.2) is 9.78 Å². The normalized spacial score (nSPS) is 18.8. The molecule has 2 aromatic heterocycles. The van der Waals surface area contributed by atoms with Crippen LogP contribution >= 0.6 is 58.2 Å². The summed E-state index contributed by atoms with van der Waals surface area (Å²) in [5.74, 6) is -1.59. The van der Waals surface area contributed by atoms with Crippen molar-refractivity contribution in [1.82, 2.24) is 25.5 Å². The number of carbonyl (C=O) groups is 4. The van der Waals surface area contributed by atoms with Gasteiger partial charge in [-0.15, -0.1) is 16.7 Å². The van der Waals surface area contributed by atoms with Crippen LogP contribution in [0.15, 0.2) is 39.1 Å². The van der Waals surface area contributed by atoms with Crippen LogP contribution in [0.4, 0.5) is 5.13 Å². The maximum atomic E-state index is 13.2. The maximum absolute atomic E-state index is 13.2. The highest BCUT2D eigenvalue weighted by molar-refractivity contribution is 8.06. The van der Waals surface area contributed by atoms with E-state index in [9.17, 15) is 29.2 Å². The minimum Gasteiger partial charge on any atom is -0.477 e.